The predicted octanol–water partition coefficient (Wildman–Crippen LogP) is 2.98. The number of pyridine rings is 1. The van der Waals surface area contributed by atoms with Gasteiger partial charge in [-0.2, -0.15) is 0 Å². The van der Waals surface area contributed by atoms with E-state index in [1.54, 1.807) is 18.3 Å². The fourth-order valence-corrected chi connectivity index (χ4v) is 3.20. The van der Waals surface area contributed by atoms with E-state index in [2.05, 4.69) is 20.3 Å². The Morgan fingerprint density at radius 1 is 1.07 bits per heavy atom. The first-order chi connectivity index (χ1) is 12.8. The van der Waals surface area contributed by atoms with Crippen molar-refractivity contribution in [2.24, 2.45) is 5.14 Å². The summed E-state index contributed by atoms with van der Waals surface area (Å²) in [6, 6.07) is 11.9. The Balaban J connectivity index is 1.95. The molecule has 0 bridgehead atoms. The molecule has 3 aromatic rings. The van der Waals surface area contributed by atoms with E-state index in [0.29, 0.717) is 17.3 Å². The van der Waals surface area contributed by atoms with Crippen LogP contribution in [0.3, 0.4) is 0 Å². The van der Waals surface area contributed by atoms with E-state index in [-0.39, 0.29) is 10.9 Å². The maximum absolute atomic E-state index is 11.6. The van der Waals surface area contributed by atoms with E-state index in [0.717, 1.165) is 16.8 Å². The first-order valence-electron chi connectivity index (χ1n) is 8.41. The molecule has 7 nitrogen and oxygen atoms in total. The highest BCUT2D eigenvalue weighted by Crippen LogP contribution is 2.25. The fourth-order valence-electron chi connectivity index (χ4n) is 2.63. The Morgan fingerprint density at radius 2 is 1.85 bits per heavy atom. The minimum Gasteiger partial charge on any atom is -0.363 e. The number of benzene rings is 1. The van der Waals surface area contributed by atoms with Crippen LogP contribution in [0.1, 0.15) is 29.8 Å². The normalized spacial score (nSPS) is 12.6. The van der Waals surface area contributed by atoms with E-state index < -0.39 is 10.0 Å². The van der Waals surface area contributed by atoms with Crippen LogP contribution in [-0.4, -0.2) is 23.4 Å². The minimum absolute atomic E-state index is 0.0819. The molecule has 0 aliphatic carbocycles. The van der Waals surface area contributed by atoms with Gasteiger partial charge >= 0.3 is 0 Å². The van der Waals surface area contributed by atoms with Crippen LogP contribution in [0.2, 0.25) is 0 Å². The van der Waals surface area contributed by atoms with Gasteiger partial charge in [0.2, 0.25) is 10.0 Å². The van der Waals surface area contributed by atoms with Gasteiger partial charge in [-0.25, -0.2) is 23.5 Å². The number of primary sulfonamides is 1. The quantitative estimate of drug-likeness (QED) is 0.701. The van der Waals surface area contributed by atoms with Gasteiger partial charge in [0, 0.05) is 23.5 Å². The largest absolute Gasteiger partial charge is 0.363 e. The molecule has 2 heterocycles. The number of sulfonamides is 1. The van der Waals surface area contributed by atoms with Gasteiger partial charge < -0.3 is 5.32 Å². The summed E-state index contributed by atoms with van der Waals surface area (Å²) in [6.07, 6.45) is 1.70. The van der Waals surface area contributed by atoms with E-state index in [1.807, 2.05) is 45.0 Å². The molecule has 0 aliphatic rings. The summed E-state index contributed by atoms with van der Waals surface area (Å²) in [7, 11) is -3.75. The highest BCUT2D eigenvalue weighted by Gasteiger charge is 2.15. The number of nitrogens with two attached hydrogens (primary N) is 1. The Bertz CT molecular complexity index is 1070. The topological polar surface area (TPSA) is 111 Å². The molecule has 3 N–H and O–H groups in total. The van der Waals surface area contributed by atoms with Crippen LogP contribution < -0.4 is 10.5 Å². The van der Waals surface area contributed by atoms with Gasteiger partial charge in [0.05, 0.1) is 4.90 Å². The summed E-state index contributed by atoms with van der Waals surface area (Å²) < 4.78 is 23.2. The third-order valence-corrected chi connectivity index (χ3v) is 5.23. The lowest BCUT2D eigenvalue weighted by molar-refractivity contribution is 0.597. The number of aromatic nitrogens is 3. The lowest BCUT2D eigenvalue weighted by Gasteiger charge is -2.18. The van der Waals surface area contributed by atoms with Crippen molar-refractivity contribution in [2.45, 2.75) is 31.7 Å². The number of hydrogen-bond donors (Lipinski definition) is 2. The zero-order valence-corrected chi connectivity index (χ0v) is 16.2. The van der Waals surface area contributed by atoms with Crippen molar-refractivity contribution in [2.75, 3.05) is 5.32 Å². The fraction of sp³-hybridized carbons (Fsp3) is 0.211. The summed E-state index contributed by atoms with van der Waals surface area (Å²) in [6.45, 7) is 5.79. The van der Waals surface area contributed by atoms with E-state index in [9.17, 15) is 8.42 Å². The Morgan fingerprint density at radius 3 is 2.52 bits per heavy atom. The minimum atomic E-state index is -3.75. The lowest BCUT2D eigenvalue weighted by atomic mass is 10.1. The molecule has 0 saturated carbocycles. The predicted molar refractivity (Wildman–Crippen MR) is 105 cm³/mol. The Kier molecular flexibility index (Phi) is 5.20. The molecule has 0 amide bonds. The van der Waals surface area contributed by atoms with Crippen molar-refractivity contribution in [3.05, 3.63) is 65.5 Å². The third-order valence-electron chi connectivity index (χ3n) is 4.32. The molecule has 0 fully saturated rings. The molecule has 0 spiro atoms. The summed E-state index contributed by atoms with van der Waals surface area (Å²) >= 11 is 0. The van der Waals surface area contributed by atoms with E-state index >= 15 is 0 Å². The molecule has 1 unspecified atom stereocenters. The number of anilines is 1. The van der Waals surface area contributed by atoms with Gasteiger partial charge in [-0.15, -0.1) is 0 Å². The maximum atomic E-state index is 11.6. The molecule has 1 aromatic carbocycles. The molecule has 2 aromatic heterocycles. The average molecular weight is 383 g/mol. The first kappa shape index (κ1) is 18.9. The summed E-state index contributed by atoms with van der Waals surface area (Å²) in [4.78, 5) is 13.5. The first-order valence-corrected chi connectivity index (χ1v) is 9.96. The molecule has 1 atom stereocenters. The number of nitrogens with zero attached hydrogens (tertiary/aromatic N) is 3. The van der Waals surface area contributed by atoms with Crippen molar-refractivity contribution in [1.29, 1.82) is 0 Å². The van der Waals surface area contributed by atoms with Gasteiger partial charge in [-0.05, 0) is 50.6 Å². The van der Waals surface area contributed by atoms with Crippen LogP contribution in [0.4, 0.5) is 5.82 Å². The SMILES string of the molecule is Cc1nc(-c2ccccn2)nc(NC(C)c2cccc(S(N)(=O)=O)c2)c1C. The molecule has 0 radical (unpaired) electrons. The van der Waals surface area contributed by atoms with Crippen LogP contribution >= 0.6 is 0 Å². The molecular weight excluding hydrogens is 362 g/mol. The highest BCUT2D eigenvalue weighted by molar-refractivity contribution is 7.89. The standard InChI is InChI=1S/C19H21N5O2S/c1-12-13(2)22-19(17-9-4-5-10-21-17)24-18(12)23-14(3)15-7-6-8-16(11-15)27(20,25)26/h4-11,14H,1-3H3,(H2,20,25,26)(H,22,23,24). The molecule has 140 valence electrons. The van der Waals surface area contributed by atoms with Crippen LogP contribution in [0, 0.1) is 13.8 Å². The van der Waals surface area contributed by atoms with Crippen molar-refractivity contribution in [3.63, 3.8) is 0 Å². The van der Waals surface area contributed by atoms with Crippen molar-refractivity contribution in [3.8, 4) is 11.5 Å². The van der Waals surface area contributed by atoms with Crippen molar-refractivity contribution >= 4 is 15.8 Å². The van der Waals surface area contributed by atoms with Gasteiger partial charge in [-0.3, -0.25) is 4.98 Å². The van der Waals surface area contributed by atoms with E-state index in [1.165, 1.54) is 6.07 Å². The van der Waals surface area contributed by atoms with Crippen molar-refractivity contribution < 1.29 is 8.42 Å². The van der Waals surface area contributed by atoms with Gasteiger partial charge in [0.25, 0.3) is 0 Å². The molecule has 8 heteroatoms. The molecule has 27 heavy (non-hydrogen) atoms. The molecule has 0 saturated heterocycles. The second-order valence-corrected chi connectivity index (χ2v) is 7.87. The van der Waals surface area contributed by atoms with Crippen LogP contribution in [0.5, 0.6) is 0 Å². The number of rotatable bonds is 5. The van der Waals surface area contributed by atoms with Crippen LogP contribution in [-0.2, 0) is 10.0 Å². The summed E-state index contributed by atoms with van der Waals surface area (Å²) in [5, 5.41) is 8.57. The molecule has 0 aliphatic heterocycles. The van der Waals surface area contributed by atoms with Gasteiger partial charge in [0.15, 0.2) is 5.82 Å². The maximum Gasteiger partial charge on any atom is 0.238 e. The van der Waals surface area contributed by atoms with Gasteiger partial charge in [0.1, 0.15) is 11.5 Å². The zero-order chi connectivity index (χ0) is 19.6. The van der Waals surface area contributed by atoms with Gasteiger partial charge in [-0.1, -0.05) is 18.2 Å². The lowest BCUT2D eigenvalue weighted by Crippen LogP contribution is -2.14. The smallest absolute Gasteiger partial charge is 0.238 e. The highest BCUT2D eigenvalue weighted by atomic mass is 32.2. The van der Waals surface area contributed by atoms with Crippen molar-refractivity contribution in [1.82, 2.24) is 15.0 Å². The van der Waals surface area contributed by atoms with E-state index in [4.69, 9.17) is 5.14 Å². The zero-order valence-electron chi connectivity index (χ0n) is 15.3. The molecular formula is C19H21N5O2S. The Labute approximate surface area is 158 Å². The number of nitrogens with one attached hydrogen (secondary N) is 1. The monoisotopic (exact) mass is 383 g/mol. The average Bonchev–Trinajstić information content (AvgIpc) is 2.65. The third kappa shape index (κ3) is 4.29. The van der Waals surface area contributed by atoms with Crippen LogP contribution in [0.25, 0.3) is 11.5 Å². The number of hydrogen-bond acceptors (Lipinski definition) is 6. The summed E-state index contributed by atoms with van der Waals surface area (Å²) in [5.74, 6) is 1.21. The van der Waals surface area contributed by atoms with Crippen LogP contribution in [0.15, 0.2) is 53.6 Å². The number of aryl methyl sites for hydroxylation is 1. The second-order valence-electron chi connectivity index (χ2n) is 6.30. The Hall–Kier alpha value is -2.84. The molecule has 3 rings (SSSR count). The second kappa shape index (κ2) is 7.42. The summed E-state index contributed by atoms with van der Waals surface area (Å²) in [5.41, 5.74) is 3.24.